The fourth-order valence-electron chi connectivity index (χ4n) is 2.05. The Bertz CT molecular complexity index is 656. The molecule has 1 unspecified atom stereocenters. The third-order valence-corrected chi connectivity index (χ3v) is 3.17. The van der Waals surface area contributed by atoms with Crippen molar-refractivity contribution in [2.45, 2.75) is 13.0 Å². The first-order valence-electron chi connectivity index (χ1n) is 6.94. The van der Waals surface area contributed by atoms with Gasteiger partial charge in [-0.2, -0.15) is 0 Å². The average Bonchev–Trinajstić information content (AvgIpc) is 2.53. The van der Waals surface area contributed by atoms with Crippen LogP contribution in [-0.2, 0) is 9.59 Å². The Kier molecular flexibility index (Phi) is 5.27. The van der Waals surface area contributed by atoms with Crippen LogP contribution in [0.5, 0.6) is 0 Å². The number of anilines is 1. The molecule has 5 nitrogen and oxygen atoms in total. The highest BCUT2D eigenvalue weighted by molar-refractivity contribution is 6.39. The molecule has 0 spiro atoms. The van der Waals surface area contributed by atoms with Gasteiger partial charge in [0.15, 0.2) is 0 Å². The Hall–Kier alpha value is -2.66. The highest BCUT2D eigenvalue weighted by Crippen LogP contribution is 2.12. The second-order valence-electron chi connectivity index (χ2n) is 4.94. The van der Waals surface area contributed by atoms with Crippen molar-refractivity contribution in [2.24, 2.45) is 0 Å². The molecule has 2 aromatic carbocycles. The molecule has 5 heteroatoms. The lowest BCUT2D eigenvalue weighted by atomic mass is 10.1. The lowest BCUT2D eigenvalue weighted by Crippen LogP contribution is -2.39. The summed E-state index contributed by atoms with van der Waals surface area (Å²) in [6.45, 7) is 1.61. The second kappa shape index (κ2) is 7.38. The van der Waals surface area contributed by atoms with Crippen LogP contribution in [-0.4, -0.2) is 23.5 Å². The number of carbonyl (C=O) groups excluding carboxylic acids is 2. The summed E-state index contributed by atoms with van der Waals surface area (Å²) in [6, 6.07) is 15.6. The van der Waals surface area contributed by atoms with Gasteiger partial charge in [-0.15, -0.1) is 0 Å². The molecule has 2 aromatic rings. The topological polar surface area (TPSA) is 78.4 Å². The van der Waals surface area contributed by atoms with Crippen LogP contribution in [0.3, 0.4) is 0 Å². The van der Waals surface area contributed by atoms with Gasteiger partial charge in [-0.25, -0.2) is 0 Å². The fraction of sp³-hybridized carbons (Fsp3) is 0.176. The molecular formula is C17H18N2O3. The van der Waals surface area contributed by atoms with Crippen molar-refractivity contribution in [1.29, 1.82) is 0 Å². The Balaban J connectivity index is 2.00. The van der Waals surface area contributed by atoms with Crippen LogP contribution in [0.25, 0.3) is 0 Å². The Morgan fingerprint density at radius 1 is 1.05 bits per heavy atom. The van der Waals surface area contributed by atoms with Crippen LogP contribution in [0.1, 0.15) is 17.2 Å². The monoisotopic (exact) mass is 298 g/mol. The van der Waals surface area contributed by atoms with E-state index in [9.17, 15) is 14.7 Å². The highest BCUT2D eigenvalue weighted by atomic mass is 16.3. The zero-order valence-electron chi connectivity index (χ0n) is 12.2. The van der Waals surface area contributed by atoms with E-state index >= 15 is 0 Å². The molecule has 22 heavy (non-hydrogen) atoms. The molecule has 1 atom stereocenters. The molecule has 0 aliphatic heterocycles. The predicted octanol–water partition coefficient (Wildman–Crippen LogP) is 1.78. The molecule has 114 valence electrons. The lowest BCUT2D eigenvalue weighted by Gasteiger charge is -2.16. The molecule has 0 heterocycles. The number of aryl methyl sites for hydroxylation is 1. The third kappa shape index (κ3) is 4.17. The predicted molar refractivity (Wildman–Crippen MR) is 84.2 cm³/mol. The maximum Gasteiger partial charge on any atom is 0.313 e. The van der Waals surface area contributed by atoms with Gasteiger partial charge in [0.1, 0.15) is 0 Å². The fourth-order valence-corrected chi connectivity index (χ4v) is 2.05. The van der Waals surface area contributed by atoms with Crippen molar-refractivity contribution in [3.8, 4) is 0 Å². The first-order chi connectivity index (χ1) is 10.6. The zero-order chi connectivity index (χ0) is 15.9. The molecule has 0 aliphatic carbocycles. The number of aliphatic hydroxyl groups is 1. The largest absolute Gasteiger partial charge is 0.394 e. The number of rotatable bonds is 4. The van der Waals surface area contributed by atoms with E-state index in [2.05, 4.69) is 10.6 Å². The molecule has 2 rings (SSSR count). The first-order valence-corrected chi connectivity index (χ1v) is 6.94. The van der Waals surface area contributed by atoms with Crippen LogP contribution in [0.15, 0.2) is 54.6 Å². The number of hydrogen-bond donors (Lipinski definition) is 3. The molecule has 2 amide bonds. The summed E-state index contributed by atoms with van der Waals surface area (Å²) in [7, 11) is 0. The van der Waals surface area contributed by atoms with Gasteiger partial charge < -0.3 is 15.7 Å². The molecule has 0 saturated carbocycles. The summed E-state index contributed by atoms with van der Waals surface area (Å²) < 4.78 is 0. The summed E-state index contributed by atoms with van der Waals surface area (Å²) in [5.74, 6) is -1.55. The second-order valence-corrected chi connectivity index (χ2v) is 4.94. The normalized spacial score (nSPS) is 11.5. The van der Waals surface area contributed by atoms with Crippen LogP contribution < -0.4 is 10.6 Å². The number of benzene rings is 2. The zero-order valence-corrected chi connectivity index (χ0v) is 12.2. The Labute approximate surface area is 129 Å². The summed E-state index contributed by atoms with van der Waals surface area (Å²) in [5.41, 5.74) is 2.28. The molecule has 0 radical (unpaired) electrons. The molecule has 0 bridgehead atoms. The van der Waals surface area contributed by atoms with Crippen molar-refractivity contribution >= 4 is 17.5 Å². The Morgan fingerprint density at radius 2 is 1.77 bits per heavy atom. The smallest absolute Gasteiger partial charge is 0.313 e. The van der Waals surface area contributed by atoms with E-state index in [-0.39, 0.29) is 6.61 Å². The maximum absolute atomic E-state index is 11.9. The average molecular weight is 298 g/mol. The third-order valence-electron chi connectivity index (χ3n) is 3.17. The number of carbonyl (C=O) groups is 2. The Morgan fingerprint density at radius 3 is 2.41 bits per heavy atom. The van der Waals surface area contributed by atoms with Gasteiger partial charge in [0.25, 0.3) is 0 Å². The van der Waals surface area contributed by atoms with Gasteiger partial charge in [-0.1, -0.05) is 42.5 Å². The molecule has 0 aromatic heterocycles. The van der Waals surface area contributed by atoms with E-state index in [0.29, 0.717) is 5.69 Å². The number of hydrogen-bond acceptors (Lipinski definition) is 3. The van der Waals surface area contributed by atoms with Crippen molar-refractivity contribution < 1.29 is 14.7 Å². The molecule has 0 fully saturated rings. The van der Waals surface area contributed by atoms with Crippen LogP contribution in [0.4, 0.5) is 5.69 Å². The van der Waals surface area contributed by atoms with E-state index < -0.39 is 17.9 Å². The van der Waals surface area contributed by atoms with E-state index in [4.69, 9.17) is 0 Å². The van der Waals surface area contributed by atoms with Crippen molar-refractivity contribution in [2.75, 3.05) is 11.9 Å². The molecule has 0 saturated heterocycles. The minimum Gasteiger partial charge on any atom is -0.394 e. The van der Waals surface area contributed by atoms with Crippen LogP contribution in [0, 0.1) is 6.92 Å². The number of nitrogens with one attached hydrogen (secondary N) is 2. The molecule has 0 aliphatic rings. The summed E-state index contributed by atoms with van der Waals surface area (Å²) in [4.78, 5) is 23.8. The summed E-state index contributed by atoms with van der Waals surface area (Å²) in [5, 5.41) is 14.4. The summed E-state index contributed by atoms with van der Waals surface area (Å²) in [6.07, 6.45) is 0. The van der Waals surface area contributed by atoms with E-state index in [1.54, 1.807) is 42.5 Å². The minimum absolute atomic E-state index is 0.284. The van der Waals surface area contributed by atoms with Gasteiger partial charge in [-0.3, -0.25) is 9.59 Å². The molecular weight excluding hydrogens is 280 g/mol. The molecule has 3 N–H and O–H groups in total. The quantitative estimate of drug-likeness (QED) is 0.753. The SMILES string of the molecule is Cc1cccc(NC(=O)C(=O)NC(CO)c2ccccc2)c1. The number of aliphatic hydroxyl groups excluding tert-OH is 1. The minimum atomic E-state index is -0.788. The standard InChI is InChI=1S/C17H18N2O3/c1-12-6-5-9-14(10-12)18-16(21)17(22)19-15(11-20)13-7-3-2-4-8-13/h2-10,15,20H,11H2,1H3,(H,18,21)(H,19,22). The van der Waals surface area contributed by atoms with Gasteiger partial charge >= 0.3 is 11.8 Å². The maximum atomic E-state index is 11.9. The van der Waals surface area contributed by atoms with Gasteiger partial charge in [0.2, 0.25) is 0 Å². The number of amides is 2. The van der Waals surface area contributed by atoms with E-state index in [1.807, 2.05) is 19.1 Å². The van der Waals surface area contributed by atoms with Crippen LogP contribution in [0.2, 0.25) is 0 Å². The van der Waals surface area contributed by atoms with E-state index in [0.717, 1.165) is 11.1 Å². The lowest BCUT2D eigenvalue weighted by molar-refractivity contribution is -0.136. The van der Waals surface area contributed by atoms with Crippen molar-refractivity contribution in [3.63, 3.8) is 0 Å². The highest BCUT2D eigenvalue weighted by Gasteiger charge is 2.19. The summed E-state index contributed by atoms with van der Waals surface area (Å²) >= 11 is 0. The van der Waals surface area contributed by atoms with Crippen molar-refractivity contribution in [1.82, 2.24) is 5.32 Å². The van der Waals surface area contributed by atoms with Gasteiger partial charge in [-0.05, 0) is 30.2 Å². The van der Waals surface area contributed by atoms with Gasteiger partial charge in [0.05, 0.1) is 12.6 Å². The van der Waals surface area contributed by atoms with Gasteiger partial charge in [0, 0.05) is 5.69 Å². The van der Waals surface area contributed by atoms with E-state index in [1.165, 1.54) is 0 Å². The van der Waals surface area contributed by atoms with Crippen molar-refractivity contribution in [3.05, 3.63) is 65.7 Å². The van der Waals surface area contributed by atoms with Crippen LogP contribution >= 0.6 is 0 Å². The first kappa shape index (κ1) is 15.7.